The Morgan fingerprint density at radius 1 is 1.05 bits per heavy atom. The van der Waals surface area contributed by atoms with Crippen LogP contribution in [0.5, 0.6) is 5.75 Å². The highest BCUT2D eigenvalue weighted by atomic mass is 16.5. The van der Waals surface area contributed by atoms with Gasteiger partial charge in [0.15, 0.2) is 0 Å². The molecule has 2 heterocycles. The molecule has 0 amide bonds. The number of nitrogens with zero attached hydrogens (tertiary/aromatic N) is 1. The molecule has 0 saturated heterocycles. The third-order valence-corrected chi connectivity index (χ3v) is 3.71. The number of aromatic nitrogens is 2. The van der Waals surface area contributed by atoms with Crippen LogP contribution in [-0.4, -0.2) is 17.3 Å². The Balaban J connectivity index is 1.83. The van der Waals surface area contributed by atoms with Crippen molar-refractivity contribution in [2.75, 3.05) is 7.11 Å². The zero-order chi connectivity index (χ0) is 14.9. The Hall–Kier alpha value is -3.01. The second kappa shape index (κ2) is 5.07. The summed E-state index contributed by atoms with van der Waals surface area (Å²) >= 11 is 0. The van der Waals surface area contributed by atoms with Crippen LogP contribution in [0.25, 0.3) is 33.5 Å². The molecule has 0 aliphatic carbocycles. The number of methoxy groups -OCH3 is 1. The molecule has 0 unspecified atom stereocenters. The largest absolute Gasteiger partial charge is 0.496 e. The Labute approximate surface area is 127 Å². The summed E-state index contributed by atoms with van der Waals surface area (Å²) in [5.74, 6) is 0.755. The standard InChI is InChI=1S/C18H14N2O2/c1-21-18-11-17-13(7-8-22-17)9-14(18)16-10-15(19-20-16)12-5-3-2-4-6-12/h2-11H,1H3,(H,19,20). The fourth-order valence-corrected chi connectivity index (χ4v) is 2.59. The van der Waals surface area contributed by atoms with Gasteiger partial charge in [-0.2, -0.15) is 5.10 Å². The lowest BCUT2D eigenvalue weighted by Crippen LogP contribution is -1.88. The van der Waals surface area contributed by atoms with Gasteiger partial charge in [0.1, 0.15) is 11.3 Å². The highest BCUT2D eigenvalue weighted by Crippen LogP contribution is 2.35. The zero-order valence-corrected chi connectivity index (χ0v) is 12.0. The number of rotatable bonds is 3. The first kappa shape index (κ1) is 12.7. The molecule has 4 rings (SSSR count). The SMILES string of the molecule is COc1cc2occc2cc1-c1cc(-c2ccccc2)n[nH]1. The lowest BCUT2D eigenvalue weighted by atomic mass is 10.1. The van der Waals surface area contributed by atoms with Gasteiger partial charge in [-0.15, -0.1) is 0 Å². The van der Waals surface area contributed by atoms with E-state index >= 15 is 0 Å². The van der Waals surface area contributed by atoms with E-state index in [1.807, 2.05) is 54.6 Å². The van der Waals surface area contributed by atoms with E-state index in [2.05, 4.69) is 10.2 Å². The number of hydrogen-bond acceptors (Lipinski definition) is 3. The first-order valence-corrected chi connectivity index (χ1v) is 7.01. The molecule has 0 atom stereocenters. The van der Waals surface area contributed by atoms with Crippen LogP contribution in [0.4, 0.5) is 0 Å². The van der Waals surface area contributed by atoms with Crippen molar-refractivity contribution in [1.29, 1.82) is 0 Å². The van der Waals surface area contributed by atoms with Gasteiger partial charge in [-0.05, 0) is 18.2 Å². The lowest BCUT2D eigenvalue weighted by Gasteiger charge is -2.06. The number of hydrogen-bond donors (Lipinski definition) is 1. The van der Waals surface area contributed by atoms with Crippen LogP contribution in [0.2, 0.25) is 0 Å². The van der Waals surface area contributed by atoms with Crippen molar-refractivity contribution in [3.05, 3.63) is 60.9 Å². The minimum atomic E-state index is 0.755. The molecule has 0 aliphatic rings. The Morgan fingerprint density at radius 3 is 2.73 bits per heavy atom. The van der Waals surface area contributed by atoms with Crippen LogP contribution in [0, 0.1) is 0 Å². The van der Waals surface area contributed by atoms with Crippen molar-refractivity contribution in [1.82, 2.24) is 10.2 Å². The number of fused-ring (bicyclic) bond motifs is 1. The highest BCUT2D eigenvalue weighted by molar-refractivity contribution is 5.87. The Morgan fingerprint density at radius 2 is 1.91 bits per heavy atom. The molecule has 4 nitrogen and oxygen atoms in total. The molecule has 0 radical (unpaired) electrons. The second-order valence-corrected chi connectivity index (χ2v) is 5.04. The van der Waals surface area contributed by atoms with Crippen LogP contribution in [0.15, 0.2) is 65.3 Å². The van der Waals surface area contributed by atoms with Crippen molar-refractivity contribution < 1.29 is 9.15 Å². The molecule has 1 N–H and O–H groups in total. The van der Waals surface area contributed by atoms with Crippen LogP contribution in [-0.2, 0) is 0 Å². The van der Waals surface area contributed by atoms with Gasteiger partial charge in [-0.3, -0.25) is 5.10 Å². The molecule has 22 heavy (non-hydrogen) atoms. The van der Waals surface area contributed by atoms with Crippen molar-refractivity contribution in [2.45, 2.75) is 0 Å². The van der Waals surface area contributed by atoms with Gasteiger partial charge in [-0.1, -0.05) is 30.3 Å². The number of ether oxygens (including phenoxy) is 1. The molecule has 2 aromatic carbocycles. The minimum Gasteiger partial charge on any atom is -0.496 e. The monoisotopic (exact) mass is 290 g/mol. The first-order valence-electron chi connectivity index (χ1n) is 7.01. The van der Waals surface area contributed by atoms with E-state index in [0.717, 1.165) is 39.2 Å². The van der Waals surface area contributed by atoms with Crippen LogP contribution in [0.3, 0.4) is 0 Å². The smallest absolute Gasteiger partial charge is 0.137 e. The number of aromatic amines is 1. The predicted octanol–water partition coefficient (Wildman–Crippen LogP) is 4.50. The van der Waals surface area contributed by atoms with Gasteiger partial charge in [0.25, 0.3) is 0 Å². The number of H-pyrrole nitrogens is 1. The third-order valence-electron chi connectivity index (χ3n) is 3.71. The normalized spacial score (nSPS) is 11.0. The molecule has 2 aromatic heterocycles. The Kier molecular flexibility index (Phi) is 2.93. The van der Waals surface area contributed by atoms with Crippen molar-refractivity contribution in [2.24, 2.45) is 0 Å². The molecule has 0 saturated carbocycles. The van der Waals surface area contributed by atoms with Crippen molar-refractivity contribution in [3.8, 4) is 28.3 Å². The lowest BCUT2D eigenvalue weighted by molar-refractivity contribution is 0.416. The molecule has 0 spiro atoms. The van der Waals surface area contributed by atoms with E-state index in [4.69, 9.17) is 9.15 Å². The maximum Gasteiger partial charge on any atom is 0.137 e. The topological polar surface area (TPSA) is 51.1 Å². The van der Waals surface area contributed by atoms with Gasteiger partial charge in [-0.25, -0.2) is 0 Å². The van der Waals surface area contributed by atoms with E-state index in [9.17, 15) is 0 Å². The highest BCUT2D eigenvalue weighted by Gasteiger charge is 2.13. The molecule has 0 aliphatic heterocycles. The van der Waals surface area contributed by atoms with Gasteiger partial charge in [0.05, 0.1) is 24.8 Å². The van der Waals surface area contributed by atoms with Crippen molar-refractivity contribution >= 4 is 11.0 Å². The maximum absolute atomic E-state index is 5.48. The quantitative estimate of drug-likeness (QED) is 0.604. The van der Waals surface area contributed by atoms with Crippen LogP contribution < -0.4 is 4.74 Å². The molecule has 4 aromatic rings. The number of nitrogens with one attached hydrogen (secondary N) is 1. The van der Waals surface area contributed by atoms with Crippen LogP contribution in [0.1, 0.15) is 0 Å². The fraction of sp³-hybridized carbons (Fsp3) is 0.0556. The summed E-state index contributed by atoms with van der Waals surface area (Å²) in [6, 6.07) is 18.0. The van der Waals surface area contributed by atoms with Gasteiger partial charge < -0.3 is 9.15 Å². The maximum atomic E-state index is 5.48. The summed E-state index contributed by atoms with van der Waals surface area (Å²) in [7, 11) is 1.65. The summed E-state index contributed by atoms with van der Waals surface area (Å²) in [5, 5.41) is 8.53. The van der Waals surface area contributed by atoms with Crippen molar-refractivity contribution in [3.63, 3.8) is 0 Å². The average molecular weight is 290 g/mol. The summed E-state index contributed by atoms with van der Waals surface area (Å²) < 4.78 is 10.9. The zero-order valence-electron chi connectivity index (χ0n) is 12.0. The first-order chi connectivity index (χ1) is 10.8. The molecule has 4 heteroatoms. The van der Waals surface area contributed by atoms with Gasteiger partial charge in [0, 0.05) is 22.6 Å². The number of furan rings is 1. The van der Waals surface area contributed by atoms with E-state index in [1.165, 1.54) is 0 Å². The van der Waals surface area contributed by atoms with E-state index < -0.39 is 0 Å². The summed E-state index contributed by atoms with van der Waals surface area (Å²) in [6.45, 7) is 0. The molecular formula is C18H14N2O2. The van der Waals surface area contributed by atoms with E-state index in [-0.39, 0.29) is 0 Å². The average Bonchev–Trinajstić information content (AvgIpc) is 3.23. The summed E-state index contributed by atoms with van der Waals surface area (Å²) in [6.07, 6.45) is 1.68. The minimum absolute atomic E-state index is 0.755. The fourth-order valence-electron chi connectivity index (χ4n) is 2.59. The molecule has 0 fully saturated rings. The molecular weight excluding hydrogens is 276 g/mol. The predicted molar refractivity (Wildman–Crippen MR) is 85.8 cm³/mol. The third kappa shape index (κ3) is 2.05. The molecule has 0 bridgehead atoms. The van der Waals surface area contributed by atoms with Gasteiger partial charge in [0.2, 0.25) is 0 Å². The summed E-state index contributed by atoms with van der Waals surface area (Å²) in [4.78, 5) is 0. The van der Waals surface area contributed by atoms with Crippen LogP contribution >= 0.6 is 0 Å². The van der Waals surface area contributed by atoms with E-state index in [1.54, 1.807) is 13.4 Å². The second-order valence-electron chi connectivity index (χ2n) is 5.04. The summed E-state index contributed by atoms with van der Waals surface area (Å²) in [5.41, 5.74) is 4.67. The molecule has 108 valence electrons. The number of benzene rings is 2. The van der Waals surface area contributed by atoms with Gasteiger partial charge >= 0.3 is 0 Å². The van der Waals surface area contributed by atoms with E-state index in [0.29, 0.717) is 0 Å². The Bertz CT molecular complexity index is 923.